The maximum atomic E-state index is 12.7. The monoisotopic (exact) mass is 305 g/mol. The number of esters is 1. The van der Waals surface area contributed by atoms with Crippen LogP contribution >= 0.6 is 11.9 Å². The van der Waals surface area contributed by atoms with Crippen molar-refractivity contribution in [3.8, 4) is 0 Å². The maximum absolute atomic E-state index is 12.7. The van der Waals surface area contributed by atoms with Crippen molar-refractivity contribution in [1.29, 1.82) is 0 Å². The third-order valence-corrected chi connectivity index (χ3v) is 3.25. The summed E-state index contributed by atoms with van der Waals surface area (Å²) in [5.41, 5.74) is 1.32. The predicted molar refractivity (Wildman–Crippen MR) is 84.9 cm³/mol. The lowest BCUT2D eigenvalue weighted by Crippen LogP contribution is -2.00. The van der Waals surface area contributed by atoms with Crippen molar-refractivity contribution in [3.63, 3.8) is 0 Å². The number of nitrogens with one attached hydrogen (secondary N) is 1. The number of methoxy groups -OCH3 is 1. The fourth-order valence-electron chi connectivity index (χ4n) is 1.41. The molecule has 5 heteroatoms. The summed E-state index contributed by atoms with van der Waals surface area (Å²) in [7, 11) is 1.35. The van der Waals surface area contributed by atoms with Gasteiger partial charge in [0.05, 0.1) is 12.7 Å². The highest BCUT2D eigenvalue weighted by atomic mass is 32.2. The van der Waals surface area contributed by atoms with Crippen molar-refractivity contribution >= 4 is 23.6 Å². The zero-order valence-corrected chi connectivity index (χ0v) is 12.5. The molecule has 0 fully saturated rings. The van der Waals surface area contributed by atoms with Gasteiger partial charge in [0.1, 0.15) is 5.82 Å². The van der Waals surface area contributed by atoms with E-state index in [1.165, 1.54) is 31.2 Å². The molecule has 0 radical (unpaired) electrons. The third kappa shape index (κ3) is 5.31. The lowest BCUT2D eigenvalue weighted by atomic mass is 10.2. The summed E-state index contributed by atoms with van der Waals surface area (Å²) >= 11 is 1.38. The van der Waals surface area contributed by atoms with Crippen molar-refractivity contribution in [3.05, 3.63) is 73.1 Å². The summed E-state index contributed by atoms with van der Waals surface area (Å²) in [6.07, 6.45) is 0. The van der Waals surface area contributed by atoms with E-state index in [1.54, 1.807) is 24.3 Å². The molecule has 0 bridgehead atoms. The zero-order valence-electron chi connectivity index (χ0n) is 11.6. The standard InChI is InChI=1S/C14H12FNO2S.C2H4/c1-18-14(17)10-2-8-13(9-3-10)19-16-12-6-4-11(15)5-7-12;1-2/h2-9,16H,1H3;1-2H2. The number of rotatable bonds is 4. The number of carbonyl (C=O) groups is 1. The Bertz CT molecular complexity index is 570. The number of anilines is 1. The highest BCUT2D eigenvalue weighted by molar-refractivity contribution is 8.00. The van der Waals surface area contributed by atoms with Gasteiger partial charge in [-0.15, -0.1) is 13.2 Å². The van der Waals surface area contributed by atoms with E-state index in [4.69, 9.17) is 0 Å². The second-order valence-corrected chi connectivity index (χ2v) is 4.61. The van der Waals surface area contributed by atoms with Crippen LogP contribution in [0, 0.1) is 5.82 Å². The Morgan fingerprint density at radius 1 is 1.10 bits per heavy atom. The number of carbonyl (C=O) groups excluding carboxylic acids is 1. The van der Waals surface area contributed by atoms with E-state index >= 15 is 0 Å². The third-order valence-electron chi connectivity index (χ3n) is 2.41. The minimum Gasteiger partial charge on any atom is -0.465 e. The lowest BCUT2D eigenvalue weighted by Gasteiger charge is -2.05. The fourth-order valence-corrected chi connectivity index (χ4v) is 2.06. The first kappa shape index (κ1) is 16.8. The molecule has 2 rings (SSSR count). The molecule has 0 saturated heterocycles. The molecule has 0 aliphatic carbocycles. The first-order valence-electron chi connectivity index (χ1n) is 6.06. The van der Waals surface area contributed by atoms with E-state index in [1.807, 2.05) is 12.1 Å². The molecule has 0 aliphatic heterocycles. The first-order chi connectivity index (χ1) is 10.2. The van der Waals surface area contributed by atoms with Gasteiger partial charge >= 0.3 is 5.97 Å². The van der Waals surface area contributed by atoms with E-state index in [-0.39, 0.29) is 11.8 Å². The van der Waals surface area contributed by atoms with Crippen molar-refractivity contribution in [2.24, 2.45) is 0 Å². The van der Waals surface area contributed by atoms with Gasteiger partial charge in [-0.25, -0.2) is 9.18 Å². The van der Waals surface area contributed by atoms with Crippen LogP contribution in [0.1, 0.15) is 10.4 Å². The smallest absolute Gasteiger partial charge is 0.337 e. The first-order valence-corrected chi connectivity index (χ1v) is 6.87. The lowest BCUT2D eigenvalue weighted by molar-refractivity contribution is 0.0600. The molecule has 3 nitrogen and oxygen atoms in total. The van der Waals surface area contributed by atoms with Crippen molar-refractivity contribution < 1.29 is 13.9 Å². The van der Waals surface area contributed by atoms with Crippen LogP contribution in [0.25, 0.3) is 0 Å². The molecule has 2 aromatic carbocycles. The Balaban J connectivity index is 0.00000106. The summed E-state index contributed by atoms with van der Waals surface area (Å²) in [5.74, 6) is -0.624. The van der Waals surface area contributed by atoms with Gasteiger partial charge in [0, 0.05) is 10.6 Å². The minimum atomic E-state index is -0.358. The molecule has 0 amide bonds. The molecule has 0 heterocycles. The Morgan fingerprint density at radius 2 is 1.67 bits per heavy atom. The van der Waals surface area contributed by atoms with Crippen molar-refractivity contribution in [2.75, 3.05) is 11.8 Å². The SMILES string of the molecule is C=C.COC(=O)c1ccc(SNc2ccc(F)cc2)cc1. The number of benzene rings is 2. The fraction of sp³-hybridized carbons (Fsp3) is 0.0625. The van der Waals surface area contributed by atoms with Crippen LogP contribution < -0.4 is 4.72 Å². The summed E-state index contributed by atoms with van der Waals surface area (Å²) in [6.45, 7) is 6.00. The summed E-state index contributed by atoms with van der Waals surface area (Å²) in [6, 6.07) is 13.1. The number of ether oxygens (including phenoxy) is 1. The van der Waals surface area contributed by atoms with Crippen LogP contribution in [-0.4, -0.2) is 13.1 Å². The zero-order chi connectivity index (χ0) is 15.7. The Kier molecular flexibility index (Phi) is 7.04. The molecule has 0 spiro atoms. The van der Waals surface area contributed by atoms with Crippen LogP contribution in [0.3, 0.4) is 0 Å². The van der Waals surface area contributed by atoms with Crippen LogP contribution in [0.2, 0.25) is 0 Å². The molecule has 1 N–H and O–H groups in total. The minimum absolute atomic E-state index is 0.266. The van der Waals surface area contributed by atoms with E-state index in [0.29, 0.717) is 5.56 Å². The van der Waals surface area contributed by atoms with Gasteiger partial charge in [-0.3, -0.25) is 0 Å². The molecule has 2 aromatic rings. The van der Waals surface area contributed by atoms with E-state index in [9.17, 15) is 9.18 Å². The van der Waals surface area contributed by atoms with Gasteiger partial charge in [-0.1, -0.05) is 0 Å². The van der Waals surface area contributed by atoms with E-state index in [0.717, 1.165) is 10.6 Å². The molecular formula is C16H16FNO2S. The second-order valence-electron chi connectivity index (χ2n) is 3.73. The quantitative estimate of drug-likeness (QED) is 0.511. The molecule has 0 saturated carbocycles. The van der Waals surface area contributed by atoms with E-state index < -0.39 is 0 Å². The summed E-state index contributed by atoms with van der Waals surface area (Å²) < 4.78 is 20.4. The molecule has 0 aromatic heterocycles. The van der Waals surface area contributed by atoms with Crippen LogP contribution in [-0.2, 0) is 4.74 Å². The molecule has 21 heavy (non-hydrogen) atoms. The van der Waals surface area contributed by atoms with Crippen LogP contribution in [0.15, 0.2) is 66.6 Å². The Labute approximate surface area is 128 Å². The van der Waals surface area contributed by atoms with Gasteiger partial charge < -0.3 is 9.46 Å². The number of hydrogen-bond donors (Lipinski definition) is 1. The topological polar surface area (TPSA) is 38.3 Å². The largest absolute Gasteiger partial charge is 0.465 e. The van der Waals surface area contributed by atoms with Gasteiger partial charge in [-0.2, -0.15) is 0 Å². The molecule has 110 valence electrons. The van der Waals surface area contributed by atoms with Crippen molar-refractivity contribution in [1.82, 2.24) is 0 Å². The highest BCUT2D eigenvalue weighted by Gasteiger charge is 2.04. The molecular weight excluding hydrogens is 289 g/mol. The van der Waals surface area contributed by atoms with Crippen LogP contribution in [0.4, 0.5) is 10.1 Å². The normalized spacial score (nSPS) is 9.24. The van der Waals surface area contributed by atoms with Gasteiger partial charge in [0.2, 0.25) is 0 Å². The molecule has 0 aliphatic rings. The summed E-state index contributed by atoms with van der Waals surface area (Å²) in [4.78, 5) is 12.2. The second kappa shape index (κ2) is 8.81. The van der Waals surface area contributed by atoms with Crippen molar-refractivity contribution in [2.45, 2.75) is 4.90 Å². The van der Waals surface area contributed by atoms with Gasteiger partial charge in [-0.05, 0) is 60.5 Å². The molecule has 0 atom stereocenters. The Morgan fingerprint density at radius 3 is 2.19 bits per heavy atom. The van der Waals surface area contributed by atoms with Gasteiger partial charge in [0.15, 0.2) is 0 Å². The van der Waals surface area contributed by atoms with Crippen LogP contribution in [0.5, 0.6) is 0 Å². The predicted octanol–water partition coefficient (Wildman–Crippen LogP) is 4.53. The number of hydrogen-bond acceptors (Lipinski definition) is 4. The number of halogens is 1. The maximum Gasteiger partial charge on any atom is 0.337 e. The van der Waals surface area contributed by atoms with E-state index in [2.05, 4.69) is 22.6 Å². The average molecular weight is 305 g/mol. The van der Waals surface area contributed by atoms with Gasteiger partial charge in [0.25, 0.3) is 0 Å². The average Bonchev–Trinajstić information content (AvgIpc) is 2.56. The summed E-state index contributed by atoms with van der Waals surface area (Å²) in [5, 5.41) is 0. The Hall–Kier alpha value is -2.27. The highest BCUT2D eigenvalue weighted by Crippen LogP contribution is 2.21. The molecule has 0 unspecified atom stereocenters.